The van der Waals surface area contributed by atoms with Crippen LogP contribution in [0.15, 0.2) is 48.5 Å². The van der Waals surface area contributed by atoms with E-state index in [1.54, 1.807) is 0 Å². The Morgan fingerprint density at radius 1 is 0.875 bits per heavy atom. The number of rotatable bonds is 4. The molecule has 1 aromatic heterocycles. The maximum atomic E-state index is 5.95. The summed E-state index contributed by atoms with van der Waals surface area (Å²) in [6, 6.07) is 16.6. The minimum atomic E-state index is 0.805. The van der Waals surface area contributed by atoms with Gasteiger partial charge in [0.1, 0.15) is 5.01 Å². The number of fused-ring (bicyclic) bond motifs is 1. The molecule has 0 amide bonds. The zero-order chi connectivity index (χ0) is 16.4. The van der Waals surface area contributed by atoms with Crippen molar-refractivity contribution < 1.29 is 0 Å². The van der Waals surface area contributed by atoms with Gasteiger partial charge in [0.2, 0.25) is 0 Å². The van der Waals surface area contributed by atoms with Crippen LogP contribution < -0.4 is 0 Å². The molecule has 0 unspecified atom stereocenters. The van der Waals surface area contributed by atoms with E-state index in [4.69, 9.17) is 16.6 Å². The van der Waals surface area contributed by atoms with Crippen LogP contribution in [-0.4, -0.2) is 41.0 Å². The van der Waals surface area contributed by atoms with Gasteiger partial charge in [-0.1, -0.05) is 35.9 Å². The first-order valence-corrected chi connectivity index (χ1v) is 9.49. The largest absolute Gasteiger partial charge is 0.297 e. The van der Waals surface area contributed by atoms with E-state index in [0.29, 0.717) is 0 Å². The van der Waals surface area contributed by atoms with Gasteiger partial charge in [0, 0.05) is 37.7 Å². The van der Waals surface area contributed by atoms with E-state index in [2.05, 4.69) is 46.2 Å². The van der Waals surface area contributed by atoms with Crippen LogP contribution in [0.2, 0.25) is 5.02 Å². The van der Waals surface area contributed by atoms with E-state index in [1.807, 2.05) is 23.5 Å². The summed E-state index contributed by atoms with van der Waals surface area (Å²) in [4.78, 5) is 9.77. The molecule has 24 heavy (non-hydrogen) atoms. The third-order valence-electron chi connectivity index (χ3n) is 4.48. The van der Waals surface area contributed by atoms with Crippen LogP contribution in [0.3, 0.4) is 0 Å². The number of benzene rings is 2. The molecule has 3 aromatic rings. The van der Waals surface area contributed by atoms with Crippen molar-refractivity contribution in [3.8, 4) is 0 Å². The van der Waals surface area contributed by atoms with Crippen LogP contribution in [0, 0.1) is 0 Å². The molecule has 3 nitrogen and oxygen atoms in total. The van der Waals surface area contributed by atoms with Gasteiger partial charge in [-0.3, -0.25) is 9.80 Å². The average Bonchev–Trinajstić information content (AvgIpc) is 3.01. The maximum Gasteiger partial charge on any atom is 0.108 e. The van der Waals surface area contributed by atoms with Crippen LogP contribution >= 0.6 is 22.9 Å². The van der Waals surface area contributed by atoms with Crippen LogP contribution in [0.1, 0.15) is 10.6 Å². The number of thiazole rings is 1. The first-order chi connectivity index (χ1) is 11.8. The first kappa shape index (κ1) is 16.0. The second-order valence-electron chi connectivity index (χ2n) is 6.25. The number of piperazine rings is 1. The monoisotopic (exact) mass is 357 g/mol. The molecule has 1 aliphatic heterocycles. The third kappa shape index (κ3) is 3.78. The van der Waals surface area contributed by atoms with Gasteiger partial charge in [-0.05, 0) is 29.8 Å². The highest BCUT2D eigenvalue weighted by Crippen LogP contribution is 2.23. The molecule has 2 aromatic carbocycles. The van der Waals surface area contributed by atoms with Gasteiger partial charge < -0.3 is 0 Å². The van der Waals surface area contributed by atoms with Crippen molar-refractivity contribution in [2.75, 3.05) is 26.2 Å². The molecule has 0 bridgehead atoms. The Morgan fingerprint density at radius 2 is 1.54 bits per heavy atom. The highest BCUT2D eigenvalue weighted by molar-refractivity contribution is 7.18. The average molecular weight is 358 g/mol. The van der Waals surface area contributed by atoms with E-state index < -0.39 is 0 Å². The van der Waals surface area contributed by atoms with Crippen LogP contribution in [0.5, 0.6) is 0 Å². The highest BCUT2D eigenvalue weighted by Gasteiger charge is 2.18. The predicted octanol–water partition coefficient (Wildman–Crippen LogP) is 4.27. The Kier molecular flexibility index (Phi) is 4.81. The Labute approximate surface area is 151 Å². The van der Waals surface area contributed by atoms with E-state index >= 15 is 0 Å². The molecular formula is C19H20ClN3S. The van der Waals surface area contributed by atoms with Gasteiger partial charge in [0.05, 0.1) is 16.8 Å². The molecule has 1 aliphatic rings. The predicted molar refractivity (Wildman–Crippen MR) is 102 cm³/mol. The van der Waals surface area contributed by atoms with Gasteiger partial charge in [0.25, 0.3) is 0 Å². The van der Waals surface area contributed by atoms with Crippen molar-refractivity contribution in [1.29, 1.82) is 0 Å². The summed E-state index contributed by atoms with van der Waals surface area (Å²) in [6.45, 7) is 6.38. The molecule has 0 spiro atoms. The van der Waals surface area contributed by atoms with Gasteiger partial charge in [0.15, 0.2) is 0 Å². The Morgan fingerprint density at radius 3 is 2.25 bits per heavy atom. The summed E-state index contributed by atoms with van der Waals surface area (Å²) < 4.78 is 1.29. The van der Waals surface area contributed by atoms with Gasteiger partial charge in [-0.15, -0.1) is 11.3 Å². The summed E-state index contributed by atoms with van der Waals surface area (Å²) in [7, 11) is 0. The fourth-order valence-electron chi connectivity index (χ4n) is 3.13. The number of para-hydroxylation sites is 1. The summed E-state index contributed by atoms with van der Waals surface area (Å²) in [5.74, 6) is 0. The van der Waals surface area contributed by atoms with Crippen molar-refractivity contribution in [2.24, 2.45) is 0 Å². The van der Waals surface area contributed by atoms with E-state index in [-0.39, 0.29) is 0 Å². The topological polar surface area (TPSA) is 19.4 Å². The lowest BCUT2D eigenvalue weighted by molar-refractivity contribution is 0.122. The summed E-state index contributed by atoms with van der Waals surface area (Å²) in [5, 5.41) is 2.03. The zero-order valence-electron chi connectivity index (χ0n) is 13.5. The van der Waals surface area contributed by atoms with Crippen LogP contribution in [-0.2, 0) is 13.1 Å². The number of aromatic nitrogens is 1. The summed E-state index contributed by atoms with van der Waals surface area (Å²) in [6.07, 6.45) is 0. The molecule has 124 valence electrons. The molecule has 1 saturated heterocycles. The number of halogens is 1. The van der Waals surface area contributed by atoms with E-state index in [9.17, 15) is 0 Å². The second kappa shape index (κ2) is 7.19. The Balaban J connectivity index is 1.31. The first-order valence-electron chi connectivity index (χ1n) is 8.30. The standard InChI is InChI=1S/C19H20ClN3S/c20-16-7-5-15(6-8-16)13-22-9-11-23(12-10-22)14-19-21-17-3-1-2-4-18(17)24-19/h1-8H,9-14H2. The molecule has 0 atom stereocenters. The molecular weight excluding hydrogens is 338 g/mol. The minimum Gasteiger partial charge on any atom is -0.297 e. The molecule has 0 N–H and O–H groups in total. The Bertz CT molecular complexity index is 774. The van der Waals surface area contributed by atoms with Crippen molar-refractivity contribution >= 4 is 33.2 Å². The van der Waals surface area contributed by atoms with Crippen molar-refractivity contribution in [3.63, 3.8) is 0 Å². The number of nitrogens with zero attached hydrogens (tertiary/aromatic N) is 3. The zero-order valence-corrected chi connectivity index (χ0v) is 15.1. The Hall–Kier alpha value is -1.46. The van der Waals surface area contributed by atoms with Gasteiger partial charge in [-0.2, -0.15) is 0 Å². The normalized spacial score (nSPS) is 16.7. The molecule has 2 heterocycles. The van der Waals surface area contributed by atoms with Gasteiger partial charge >= 0.3 is 0 Å². The van der Waals surface area contributed by atoms with Crippen LogP contribution in [0.4, 0.5) is 0 Å². The number of hydrogen-bond donors (Lipinski definition) is 0. The van der Waals surface area contributed by atoms with Crippen molar-refractivity contribution in [2.45, 2.75) is 13.1 Å². The molecule has 0 radical (unpaired) electrons. The minimum absolute atomic E-state index is 0.805. The van der Waals surface area contributed by atoms with E-state index in [0.717, 1.165) is 49.8 Å². The lowest BCUT2D eigenvalue weighted by Gasteiger charge is -2.34. The SMILES string of the molecule is Clc1ccc(CN2CCN(Cc3nc4ccccc4s3)CC2)cc1. The number of hydrogen-bond acceptors (Lipinski definition) is 4. The van der Waals surface area contributed by atoms with Gasteiger partial charge in [-0.25, -0.2) is 4.98 Å². The smallest absolute Gasteiger partial charge is 0.108 e. The van der Waals surface area contributed by atoms with E-state index in [1.165, 1.54) is 15.3 Å². The van der Waals surface area contributed by atoms with Crippen molar-refractivity contribution in [3.05, 3.63) is 64.1 Å². The molecule has 0 saturated carbocycles. The van der Waals surface area contributed by atoms with Crippen LogP contribution in [0.25, 0.3) is 10.2 Å². The third-order valence-corrected chi connectivity index (χ3v) is 5.75. The second-order valence-corrected chi connectivity index (χ2v) is 7.81. The molecule has 1 fully saturated rings. The highest BCUT2D eigenvalue weighted by atomic mass is 35.5. The fraction of sp³-hybridized carbons (Fsp3) is 0.316. The molecule has 0 aliphatic carbocycles. The quantitative estimate of drug-likeness (QED) is 0.695. The maximum absolute atomic E-state index is 5.95. The lowest BCUT2D eigenvalue weighted by atomic mass is 10.2. The summed E-state index contributed by atoms with van der Waals surface area (Å²) in [5.41, 5.74) is 2.46. The van der Waals surface area contributed by atoms with Crippen molar-refractivity contribution in [1.82, 2.24) is 14.8 Å². The molecule has 5 heteroatoms. The summed E-state index contributed by atoms with van der Waals surface area (Å²) >= 11 is 7.77. The fourth-order valence-corrected chi connectivity index (χ4v) is 4.27. The molecule has 4 rings (SSSR count). The lowest BCUT2D eigenvalue weighted by Crippen LogP contribution is -2.45.